The summed E-state index contributed by atoms with van der Waals surface area (Å²) in [4.78, 5) is 2.66. The Morgan fingerprint density at radius 2 is 2.06 bits per heavy atom. The summed E-state index contributed by atoms with van der Waals surface area (Å²) < 4.78 is 0. The largest absolute Gasteiger partial charge is 0.313 e. The molecule has 1 aliphatic heterocycles. The van der Waals surface area contributed by atoms with Crippen molar-refractivity contribution in [2.24, 2.45) is 17.8 Å². The lowest BCUT2D eigenvalue weighted by molar-refractivity contribution is 0.268. The van der Waals surface area contributed by atoms with Gasteiger partial charge in [-0.25, -0.2) is 0 Å². The minimum Gasteiger partial charge on any atom is -0.313 e. The van der Waals surface area contributed by atoms with Gasteiger partial charge in [-0.3, -0.25) is 0 Å². The average molecular weight is 252 g/mol. The third-order valence-corrected chi connectivity index (χ3v) is 5.05. The first-order valence-corrected chi connectivity index (χ1v) is 8.11. The smallest absolute Gasteiger partial charge is 0.0107 e. The fourth-order valence-corrected chi connectivity index (χ4v) is 3.66. The maximum Gasteiger partial charge on any atom is 0.0107 e. The van der Waals surface area contributed by atoms with Gasteiger partial charge in [0.25, 0.3) is 0 Å². The third-order valence-electron chi connectivity index (χ3n) is 5.05. The van der Waals surface area contributed by atoms with E-state index in [4.69, 9.17) is 0 Å². The van der Waals surface area contributed by atoms with E-state index in [1.165, 1.54) is 58.3 Å². The molecule has 1 aliphatic carbocycles. The fraction of sp³-hybridized carbons (Fsp3) is 1.00. The summed E-state index contributed by atoms with van der Waals surface area (Å²) in [6.07, 6.45) is 7.09. The van der Waals surface area contributed by atoms with Crippen LogP contribution in [0.5, 0.6) is 0 Å². The van der Waals surface area contributed by atoms with E-state index in [2.05, 4.69) is 31.0 Å². The summed E-state index contributed by atoms with van der Waals surface area (Å²) in [6.45, 7) is 12.3. The lowest BCUT2D eigenvalue weighted by atomic mass is 9.87. The average Bonchev–Trinajstić information content (AvgIpc) is 2.78. The molecule has 18 heavy (non-hydrogen) atoms. The van der Waals surface area contributed by atoms with E-state index < -0.39 is 0 Å². The van der Waals surface area contributed by atoms with Gasteiger partial charge in [-0.15, -0.1) is 0 Å². The Labute approximate surface area is 114 Å². The van der Waals surface area contributed by atoms with Crippen LogP contribution in [0.1, 0.15) is 52.9 Å². The molecular weight excluding hydrogens is 220 g/mol. The highest BCUT2D eigenvalue weighted by molar-refractivity contribution is 4.80. The molecule has 2 aliphatic rings. The summed E-state index contributed by atoms with van der Waals surface area (Å²) in [7, 11) is 0. The van der Waals surface area contributed by atoms with Gasteiger partial charge in [0.1, 0.15) is 0 Å². The van der Waals surface area contributed by atoms with E-state index in [-0.39, 0.29) is 0 Å². The Morgan fingerprint density at radius 3 is 2.72 bits per heavy atom. The summed E-state index contributed by atoms with van der Waals surface area (Å²) in [5.41, 5.74) is 0. The van der Waals surface area contributed by atoms with E-state index >= 15 is 0 Å². The van der Waals surface area contributed by atoms with Crippen LogP contribution in [-0.4, -0.2) is 37.1 Å². The van der Waals surface area contributed by atoms with Crippen molar-refractivity contribution < 1.29 is 0 Å². The number of hydrogen-bond donors (Lipinski definition) is 1. The van der Waals surface area contributed by atoms with Gasteiger partial charge in [-0.1, -0.05) is 33.6 Å². The van der Waals surface area contributed by atoms with Crippen LogP contribution >= 0.6 is 0 Å². The topological polar surface area (TPSA) is 15.3 Å². The lowest BCUT2D eigenvalue weighted by Gasteiger charge is -2.28. The second-order valence-corrected chi connectivity index (χ2v) is 7.02. The van der Waals surface area contributed by atoms with Crippen molar-refractivity contribution in [3.8, 4) is 0 Å². The predicted octanol–water partition coefficient (Wildman–Crippen LogP) is 3.13. The molecule has 1 saturated carbocycles. The van der Waals surface area contributed by atoms with Crippen molar-refractivity contribution in [2.45, 2.75) is 58.9 Å². The Hall–Kier alpha value is -0.0800. The maximum absolute atomic E-state index is 3.78. The van der Waals surface area contributed by atoms with Gasteiger partial charge in [0.05, 0.1) is 0 Å². The van der Waals surface area contributed by atoms with Gasteiger partial charge < -0.3 is 10.2 Å². The molecule has 0 aromatic heterocycles. The molecule has 0 amide bonds. The zero-order chi connectivity index (χ0) is 13.0. The van der Waals surface area contributed by atoms with Gasteiger partial charge >= 0.3 is 0 Å². The van der Waals surface area contributed by atoms with Crippen LogP contribution in [0.2, 0.25) is 0 Å². The Balaban J connectivity index is 1.58. The molecule has 3 atom stereocenters. The van der Waals surface area contributed by atoms with E-state index in [1.54, 1.807) is 0 Å². The van der Waals surface area contributed by atoms with Gasteiger partial charge in [-0.2, -0.15) is 0 Å². The molecule has 1 N–H and O–H groups in total. The molecular formula is C16H32N2. The maximum atomic E-state index is 3.78. The predicted molar refractivity (Wildman–Crippen MR) is 78.8 cm³/mol. The van der Waals surface area contributed by atoms with Crippen LogP contribution in [0, 0.1) is 17.8 Å². The lowest BCUT2D eigenvalue weighted by Crippen LogP contribution is -2.38. The highest BCUT2D eigenvalue weighted by atomic mass is 15.2. The van der Waals surface area contributed by atoms with E-state index in [0.717, 1.165) is 23.8 Å². The van der Waals surface area contributed by atoms with Gasteiger partial charge in [-0.05, 0) is 43.6 Å². The standard InChI is InChI=1S/C16H32N2/c1-13(2)15-7-9-18(12-15)10-8-17-16-6-4-5-14(3)11-16/h13-17H,4-12H2,1-3H3. The molecule has 0 aromatic rings. The van der Waals surface area contributed by atoms with Crippen molar-refractivity contribution in [1.82, 2.24) is 10.2 Å². The number of hydrogen-bond acceptors (Lipinski definition) is 2. The molecule has 2 heteroatoms. The van der Waals surface area contributed by atoms with Crippen molar-refractivity contribution in [3.05, 3.63) is 0 Å². The van der Waals surface area contributed by atoms with Crippen molar-refractivity contribution >= 4 is 0 Å². The van der Waals surface area contributed by atoms with E-state index in [9.17, 15) is 0 Å². The normalized spacial score (nSPS) is 34.3. The summed E-state index contributed by atoms with van der Waals surface area (Å²) in [5.74, 6) is 2.75. The van der Waals surface area contributed by atoms with Crippen LogP contribution in [0.15, 0.2) is 0 Å². The molecule has 106 valence electrons. The molecule has 1 saturated heterocycles. The van der Waals surface area contributed by atoms with Crippen molar-refractivity contribution in [1.29, 1.82) is 0 Å². The van der Waals surface area contributed by atoms with E-state index in [1.807, 2.05) is 0 Å². The molecule has 3 unspecified atom stereocenters. The number of rotatable bonds is 5. The first-order valence-electron chi connectivity index (χ1n) is 8.11. The SMILES string of the molecule is CC1CCCC(NCCN2CCC(C(C)C)C2)C1. The Kier molecular flexibility index (Phi) is 5.50. The van der Waals surface area contributed by atoms with Crippen LogP contribution in [0.4, 0.5) is 0 Å². The monoisotopic (exact) mass is 252 g/mol. The van der Waals surface area contributed by atoms with Crippen LogP contribution < -0.4 is 5.32 Å². The number of likely N-dealkylation sites (tertiary alicyclic amines) is 1. The Bertz CT molecular complexity index is 239. The highest BCUT2D eigenvalue weighted by Gasteiger charge is 2.24. The number of nitrogens with one attached hydrogen (secondary N) is 1. The molecule has 2 fully saturated rings. The van der Waals surface area contributed by atoms with Crippen molar-refractivity contribution in [2.75, 3.05) is 26.2 Å². The molecule has 0 spiro atoms. The summed E-state index contributed by atoms with van der Waals surface area (Å²) in [5, 5.41) is 3.78. The molecule has 0 aromatic carbocycles. The van der Waals surface area contributed by atoms with Crippen LogP contribution in [-0.2, 0) is 0 Å². The van der Waals surface area contributed by atoms with E-state index in [0.29, 0.717) is 0 Å². The Morgan fingerprint density at radius 1 is 1.22 bits per heavy atom. The molecule has 0 radical (unpaired) electrons. The molecule has 1 heterocycles. The minimum absolute atomic E-state index is 0.803. The molecule has 2 rings (SSSR count). The van der Waals surface area contributed by atoms with Crippen molar-refractivity contribution in [3.63, 3.8) is 0 Å². The number of nitrogens with zero attached hydrogens (tertiary/aromatic N) is 1. The van der Waals surface area contributed by atoms with Crippen LogP contribution in [0.3, 0.4) is 0 Å². The third kappa shape index (κ3) is 4.24. The van der Waals surface area contributed by atoms with Gasteiger partial charge in [0.2, 0.25) is 0 Å². The zero-order valence-corrected chi connectivity index (χ0v) is 12.6. The summed E-state index contributed by atoms with van der Waals surface area (Å²) >= 11 is 0. The second kappa shape index (κ2) is 6.91. The zero-order valence-electron chi connectivity index (χ0n) is 12.6. The van der Waals surface area contributed by atoms with Gasteiger partial charge in [0.15, 0.2) is 0 Å². The minimum atomic E-state index is 0.803. The molecule has 0 bridgehead atoms. The highest BCUT2D eigenvalue weighted by Crippen LogP contribution is 2.24. The second-order valence-electron chi connectivity index (χ2n) is 7.02. The van der Waals surface area contributed by atoms with Gasteiger partial charge in [0, 0.05) is 25.7 Å². The first-order chi connectivity index (χ1) is 8.65. The molecule has 2 nitrogen and oxygen atoms in total. The van der Waals surface area contributed by atoms with Crippen LogP contribution in [0.25, 0.3) is 0 Å². The summed E-state index contributed by atoms with van der Waals surface area (Å²) in [6, 6.07) is 0.803. The fourth-order valence-electron chi connectivity index (χ4n) is 3.66. The first kappa shape index (κ1) is 14.3. The quantitative estimate of drug-likeness (QED) is 0.809.